The second-order valence-corrected chi connectivity index (χ2v) is 4.91. The lowest BCUT2D eigenvalue weighted by Crippen LogP contribution is -2.22. The zero-order valence-corrected chi connectivity index (χ0v) is 11.4. The van der Waals surface area contributed by atoms with Gasteiger partial charge in [-0.1, -0.05) is 13.8 Å². The van der Waals surface area contributed by atoms with Gasteiger partial charge in [0.2, 0.25) is 0 Å². The largest absolute Gasteiger partial charge is 0.478 e. The molecule has 2 N–H and O–H groups in total. The van der Waals surface area contributed by atoms with E-state index in [1.807, 2.05) is 20.8 Å². The van der Waals surface area contributed by atoms with Gasteiger partial charge in [-0.2, -0.15) is 0 Å². The summed E-state index contributed by atoms with van der Waals surface area (Å²) in [6, 6.07) is 2.61. The van der Waals surface area contributed by atoms with Gasteiger partial charge in [-0.3, -0.25) is 10.1 Å². The van der Waals surface area contributed by atoms with Crippen LogP contribution in [0.1, 0.15) is 36.7 Å². The van der Waals surface area contributed by atoms with Crippen LogP contribution < -0.4 is 5.32 Å². The molecule has 6 nitrogen and oxygen atoms in total. The molecule has 1 rings (SSSR count). The number of hydrogen-bond acceptors (Lipinski definition) is 4. The maximum absolute atomic E-state index is 11.0. The topological polar surface area (TPSA) is 92.5 Å². The molecule has 1 unspecified atom stereocenters. The Kier molecular flexibility index (Phi) is 4.47. The number of nitrogens with one attached hydrogen (secondary N) is 1. The van der Waals surface area contributed by atoms with Crippen LogP contribution in [-0.4, -0.2) is 22.0 Å². The molecule has 0 heterocycles. The number of anilines is 1. The van der Waals surface area contributed by atoms with Gasteiger partial charge in [0.1, 0.15) is 0 Å². The Labute approximate surface area is 111 Å². The zero-order chi connectivity index (χ0) is 14.7. The van der Waals surface area contributed by atoms with Gasteiger partial charge < -0.3 is 10.4 Å². The van der Waals surface area contributed by atoms with Crippen molar-refractivity contribution in [2.75, 3.05) is 5.32 Å². The zero-order valence-electron chi connectivity index (χ0n) is 11.4. The molecule has 0 amide bonds. The Hall–Kier alpha value is -2.11. The highest BCUT2D eigenvalue weighted by molar-refractivity contribution is 5.90. The van der Waals surface area contributed by atoms with E-state index >= 15 is 0 Å². The van der Waals surface area contributed by atoms with Crippen LogP contribution in [0.15, 0.2) is 12.1 Å². The van der Waals surface area contributed by atoms with E-state index in [9.17, 15) is 14.9 Å². The molecule has 0 spiro atoms. The predicted molar refractivity (Wildman–Crippen MR) is 72.7 cm³/mol. The van der Waals surface area contributed by atoms with Crippen molar-refractivity contribution in [1.82, 2.24) is 0 Å². The maximum atomic E-state index is 11.0. The number of nitro benzene ring substituents is 1. The number of carboxylic acids is 1. The van der Waals surface area contributed by atoms with Gasteiger partial charge in [-0.25, -0.2) is 4.79 Å². The third kappa shape index (κ3) is 3.43. The van der Waals surface area contributed by atoms with Crippen LogP contribution in [0.2, 0.25) is 0 Å². The van der Waals surface area contributed by atoms with Gasteiger partial charge in [-0.05, 0) is 25.8 Å². The van der Waals surface area contributed by atoms with Crippen LogP contribution in [0.25, 0.3) is 0 Å². The summed E-state index contributed by atoms with van der Waals surface area (Å²) in [7, 11) is 0. The molecule has 0 aliphatic heterocycles. The lowest BCUT2D eigenvalue weighted by Gasteiger charge is -2.20. The van der Waals surface area contributed by atoms with Gasteiger partial charge in [0.15, 0.2) is 0 Å². The number of hydrogen-bond donors (Lipinski definition) is 2. The predicted octanol–water partition coefficient (Wildman–Crippen LogP) is 3.06. The summed E-state index contributed by atoms with van der Waals surface area (Å²) < 4.78 is 0. The third-order valence-electron chi connectivity index (χ3n) is 3.21. The average Bonchev–Trinajstić information content (AvgIpc) is 2.30. The van der Waals surface area contributed by atoms with E-state index in [0.717, 1.165) is 6.07 Å². The van der Waals surface area contributed by atoms with E-state index in [0.29, 0.717) is 17.2 Å². The van der Waals surface area contributed by atoms with Gasteiger partial charge in [0.05, 0.1) is 10.5 Å². The molecular formula is C13H18N2O4. The summed E-state index contributed by atoms with van der Waals surface area (Å²) in [4.78, 5) is 21.4. The van der Waals surface area contributed by atoms with E-state index in [4.69, 9.17) is 5.11 Å². The molecule has 0 fully saturated rings. The minimum absolute atomic E-state index is 0.0855. The third-order valence-corrected chi connectivity index (χ3v) is 3.21. The van der Waals surface area contributed by atoms with Crippen molar-refractivity contribution in [3.63, 3.8) is 0 Å². The minimum atomic E-state index is -1.18. The highest BCUT2D eigenvalue weighted by Crippen LogP contribution is 2.29. The van der Waals surface area contributed by atoms with Crippen LogP contribution in [-0.2, 0) is 0 Å². The van der Waals surface area contributed by atoms with Crippen molar-refractivity contribution in [3.8, 4) is 0 Å². The van der Waals surface area contributed by atoms with E-state index in [-0.39, 0.29) is 17.3 Å². The van der Waals surface area contributed by atoms with E-state index in [2.05, 4.69) is 5.32 Å². The number of rotatable bonds is 5. The van der Waals surface area contributed by atoms with Crippen LogP contribution in [0.3, 0.4) is 0 Å². The summed E-state index contributed by atoms with van der Waals surface area (Å²) in [6.07, 6.45) is 0. The number of carbonyl (C=O) groups is 1. The molecule has 1 atom stereocenters. The molecular weight excluding hydrogens is 248 g/mol. The van der Waals surface area contributed by atoms with Crippen molar-refractivity contribution in [2.24, 2.45) is 5.92 Å². The first-order chi connectivity index (χ1) is 8.73. The molecule has 104 valence electrons. The Bertz CT molecular complexity index is 512. The Balaban J connectivity index is 3.29. The summed E-state index contributed by atoms with van der Waals surface area (Å²) in [5.74, 6) is -0.852. The first kappa shape index (κ1) is 14.9. The monoisotopic (exact) mass is 266 g/mol. The average molecular weight is 266 g/mol. The molecule has 0 radical (unpaired) electrons. The van der Waals surface area contributed by atoms with Crippen molar-refractivity contribution in [3.05, 3.63) is 33.4 Å². The quantitative estimate of drug-likeness (QED) is 0.631. The second kappa shape index (κ2) is 5.69. The first-order valence-corrected chi connectivity index (χ1v) is 6.03. The Morgan fingerprint density at radius 1 is 1.37 bits per heavy atom. The van der Waals surface area contributed by atoms with Crippen LogP contribution >= 0.6 is 0 Å². The van der Waals surface area contributed by atoms with Crippen molar-refractivity contribution in [2.45, 2.75) is 33.7 Å². The molecule has 0 aliphatic carbocycles. The second-order valence-electron chi connectivity index (χ2n) is 4.91. The number of nitro groups is 1. The highest BCUT2D eigenvalue weighted by atomic mass is 16.6. The first-order valence-electron chi connectivity index (χ1n) is 6.03. The lowest BCUT2D eigenvalue weighted by molar-refractivity contribution is -0.385. The van der Waals surface area contributed by atoms with E-state index < -0.39 is 10.9 Å². The smallest absolute Gasteiger partial charge is 0.336 e. The fourth-order valence-electron chi connectivity index (χ4n) is 1.57. The van der Waals surface area contributed by atoms with Gasteiger partial charge in [-0.15, -0.1) is 0 Å². The molecule has 1 aromatic carbocycles. The molecule has 0 saturated carbocycles. The number of benzene rings is 1. The lowest BCUT2D eigenvalue weighted by atomic mass is 10.0. The molecule has 0 aromatic heterocycles. The van der Waals surface area contributed by atoms with E-state index in [1.165, 1.54) is 6.07 Å². The minimum Gasteiger partial charge on any atom is -0.478 e. The van der Waals surface area contributed by atoms with Crippen molar-refractivity contribution < 1.29 is 14.8 Å². The molecule has 19 heavy (non-hydrogen) atoms. The van der Waals surface area contributed by atoms with Gasteiger partial charge in [0, 0.05) is 23.4 Å². The SMILES string of the molecule is Cc1c(NC(C)C(C)C)cc(C(=O)O)cc1[N+](=O)[O-]. The van der Waals surface area contributed by atoms with Gasteiger partial charge >= 0.3 is 5.97 Å². The number of carboxylic acid groups (broad SMARTS) is 1. The fraction of sp³-hybridized carbons (Fsp3) is 0.462. The van der Waals surface area contributed by atoms with Crippen LogP contribution in [0.4, 0.5) is 11.4 Å². The molecule has 0 aliphatic rings. The Morgan fingerprint density at radius 2 is 1.95 bits per heavy atom. The Morgan fingerprint density at radius 3 is 2.37 bits per heavy atom. The fourth-order valence-corrected chi connectivity index (χ4v) is 1.57. The van der Waals surface area contributed by atoms with E-state index in [1.54, 1.807) is 6.92 Å². The molecule has 1 aromatic rings. The summed E-state index contributed by atoms with van der Waals surface area (Å²) in [5.41, 5.74) is 0.671. The molecule has 0 bridgehead atoms. The van der Waals surface area contributed by atoms with Gasteiger partial charge in [0.25, 0.3) is 5.69 Å². The van der Waals surface area contributed by atoms with Crippen molar-refractivity contribution >= 4 is 17.3 Å². The van der Waals surface area contributed by atoms with Crippen molar-refractivity contribution in [1.29, 1.82) is 0 Å². The maximum Gasteiger partial charge on any atom is 0.336 e. The highest BCUT2D eigenvalue weighted by Gasteiger charge is 2.20. The summed E-state index contributed by atoms with van der Waals surface area (Å²) in [5, 5.41) is 23.1. The number of aromatic carboxylic acids is 1. The standard InChI is InChI=1S/C13H18N2O4/c1-7(2)9(4)14-11-5-10(13(16)17)6-12(8(11)3)15(18)19/h5-7,9,14H,1-4H3,(H,16,17). The van der Waals surface area contributed by atoms with Crippen LogP contribution in [0.5, 0.6) is 0 Å². The molecule has 0 saturated heterocycles. The molecule has 6 heteroatoms. The normalized spacial score (nSPS) is 12.3. The summed E-state index contributed by atoms with van der Waals surface area (Å²) >= 11 is 0. The number of nitrogens with zero attached hydrogens (tertiary/aromatic N) is 1. The summed E-state index contributed by atoms with van der Waals surface area (Å²) in [6.45, 7) is 7.59. The van der Waals surface area contributed by atoms with Crippen LogP contribution in [0, 0.1) is 23.0 Å².